The molecule has 0 unspecified atom stereocenters. The van der Waals surface area contributed by atoms with E-state index in [9.17, 15) is 4.79 Å². The van der Waals surface area contributed by atoms with Crippen molar-refractivity contribution < 1.29 is 0 Å². The van der Waals surface area contributed by atoms with Gasteiger partial charge in [0.1, 0.15) is 0 Å². The molecule has 0 amide bonds. The number of anilines is 1. The third-order valence-electron chi connectivity index (χ3n) is 4.08. The average molecular weight is 361 g/mol. The molecule has 0 fully saturated rings. The number of hydrogen-bond acceptors (Lipinski definition) is 5. The van der Waals surface area contributed by atoms with Crippen LogP contribution in [0, 0.1) is 0 Å². The molecule has 128 valence electrons. The summed E-state index contributed by atoms with van der Waals surface area (Å²) in [6, 6.07) is 21.4. The van der Waals surface area contributed by atoms with Crippen molar-refractivity contribution in [2.24, 2.45) is 0 Å². The summed E-state index contributed by atoms with van der Waals surface area (Å²) in [4.78, 5) is 21.1. The van der Waals surface area contributed by atoms with E-state index in [1.54, 1.807) is 0 Å². The number of aromatic amines is 1. The second-order valence-corrected chi connectivity index (χ2v) is 6.13. The Bertz CT molecular complexity index is 1190. The van der Waals surface area contributed by atoms with Gasteiger partial charge < -0.3 is 10.7 Å². The Kier molecular flexibility index (Phi) is 4.06. The van der Waals surface area contributed by atoms with Crippen molar-refractivity contribution in [2.45, 2.75) is 0 Å². The van der Waals surface area contributed by atoms with Crippen molar-refractivity contribution in [3.8, 4) is 0 Å². The number of rotatable bonds is 0. The van der Waals surface area contributed by atoms with Gasteiger partial charge in [0.15, 0.2) is 11.2 Å². The zero-order valence-corrected chi connectivity index (χ0v) is 14.5. The second-order valence-electron chi connectivity index (χ2n) is 5.73. The highest BCUT2D eigenvalue weighted by molar-refractivity contribution is 7.78. The van der Waals surface area contributed by atoms with Crippen LogP contribution in [-0.2, 0) is 0 Å². The first-order valence-electron chi connectivity index (χ1n) is 7.92. The van der Waals surface area contributed by atoms with Crippen LogP contribution < -0.4 is 11.3 Å². The molecule has 0 aliphatic carbocycles. The highest BCUT2D eigenvalue weighted by atomic mass is 32.1. The van der Waals surface area contributed by atoms with Crippen molar-refractivity contribution in [3.05, 3.63) is 77.3 Å². The van der Waals surface area contributed by atoms with Gasteiger partial charge in [0, 0.05) is 0 Å². The first kappa shape index (κ1) is 16.2. The summed E-state index contributed by atoms with van der Waals surface area (Å²) in [6.45, 7) is 0. The monoisotopic (exact) mass is 361 g/mol. The number of nitrogens with one attached hydrogen (secondary N) is 1. The molecule has 0 saturated heterocycles. The fraction of sp³-hybridized carbons (Fsp3) is 0. The maximum absolute atomic E-state index is 11.1. The number of fused-ring (bicyclic) bond motifs is 3. The Morgan fingerprint density at radius 2 is 1.42 bits per heavy atom. The molecule has 0 aliphatic rings. The summed E-state index contributed by atoms with van der Waals surface area (Å²) in [5.74, 6) is 0.0305. The van der Waals surface area contributed by atoms with Gasteiger partial charge in [-0.25, -0.2) is 8.96 Å². The van der Waals surface area contributed by atoms with Gasteiger partial charge >= 0.3 is 5.56 Å². The lowest BCUT2D eigenvalue weighted by Crippen LogP contribution is -2.14. The van der Waals surface area contributed by atoms with Crippen molar-refractivity contribution >= 4 is 51.5 Å². The van der Waals surface area contributed by atoms with Crippen molar-refractivity contribution in [3.63, 3.8) is 0 Å². The minimum atomic E-state index is -0.426. The van der Waals surface area contributed by atoms with E-state index in [0.29, 0.717) is 11.2 Å². The van der Waals surface area contributed by atoms with Crippen LogP contribution in [0.4, 0.5) is 5.95 Å². The van der Waals surface area contributed by atoms with E-state index in [2.05, 4.69) is 88.4 Å². The lowest BCUT2D eigenvalue weighted by Gasteiger charge is -2.00. The highest BCUT2D eigenvalue weighted by Gasteiger charge is 2.07. The third kappa shape index (κ3) is 2.89. The average Bonchev–Trinajstić information content (AvgIpc) is 3.16. The molecule has 2 heterocycles. The summed E-state index contributed by atoms with van der Waals surface area (Å²) >= 11 is 3.98. The fourth-order valence-corrected chi connectivity index (χ4v) is 3.00. The van der Waals surface area contributed by atoms with Crippen LogP contribution in [0.15, 0.2) is 71.8 Å². The lowest BCUT2D eigenvalue weighted by atomic mass is 10.0. The van der Waals surface area contributed by atoms with Crippen LogP contribution >= 0.6 is 12.8 Å². The smallest absolute Gasteiger partial charge is 0.300 e. The molecule has 6 nitrogen and oxygen atoms in total. The van der Waals surface area contributed by atoms with Crippen LogP contribution in [0.3, 0.4) is 0 Å². The summed E-state index contributed by atoms with van der Waals surface area (Å²) < 4.78 is 1.24. The molecule has 2 aromatic heterocycles. The van der Waals surface area contributed by atoms with Crippen LogP contribution in [0.5, 0.6) is 0 Å². The standard InChI is InChI=1S/C14H10.C5H5N5OS/c1-2-6-12-10-14-8-4-3-7-13(14)9-11(12)5-1;6-5-9-4(11)2-3(10(5)12)8-1-7-2/h1-10H;1,12H,(H,7,8)(H2,6,9,11). The van der Waals surface area contributed by atoms with Gasteiger partial charge in [-0.3, -0.25) is 4.79 Å². The lowest BCUT2D eigenvalue weighted by molar-refractivity contribution is 1.13. The number of aromatic nitrogens is 4. The highest BCUT2D eigenvalue weighted by Crippen LogP contribution is 2.22. The Morgan fingerprint density at radius 1 is 0.923 bits per heavy atom. The van der Waals surface area contributed by atoms with E-state index < -0.39 is 5.56 Å². The van der Waals surface area contributed by atoms with Crippen LogP contribution in [0.2, 0.25) is 0 Å². The third-order valence-corrected chi connectivity index (χ3v) is 4.48. The van der Waals surface area contributed by atoms with Gasteiger partial charge in [-0.1, -0.05) is 61.3 Å². The van der Waals surface area contributed by atoms with Gasteiger partial charge in [0.05, 0.1) is 6.33 Å². The van der Waals surface area contributed by atoms with E-state index in [0.717, 1.165) is 0 Å². The molecule has 0 saturated carbocycles. The Balaban J connectivity index is 0.000000131. The SMILES string of the molecule is Nc1nc(=O)c2[nH]cnc2n1S.c1ccc2cc3ccccc3cc2c1. The summed E-state index contributed by atoms with van der Waals surface area (Å²) in [6.07, 6.45) is 1.39. The van der Waals surface area contributed by atoms with Gasteiger partial charge in [-0.2, -0.15) is 4.98 Å². The summed E-state index contributed by atoms with van der Waals surface area (Å²) in [7, 11) is 0. The molecule has 0 atom stereocenters. The summed E-state index contributed by atoms with van der Waals surface area (Å²) in [5.41, 5.74) is 5.63. The molecule has 26 heavy (non-hydrogen) atoms. The molecule has 7 heteroatoms. The van der Waals surface area contributed by atoms with Gasteiger partial charge in [0.2, 0.25) is 5.95 Å². The molecular weight excluding hydrogens is 346 g/mol. The molecule has 0 aliphatic heterocycles. The number of nitrogen functional groups attached to an aromatic ring is 1. The first-order chi connectivity index (χ1) is 12.6. The van der Waals surface area contributed by atoms with E-state index in [1.807, 2.05) is 0 Å². The topological polar surface area (TPSA) is 89.6 Å². The van der Waals surface area contributed by atoms with Gasteiger partial charge in [0.25, 0.3) is 0 Å². The van der Waals surface area contributed by atoms with Gasteiger partial charge in [-0.05, 0) is 33.7 Å². The molecule has 5 aromatic rings. The fourth-order valence-electron chi connectivity index (χ4n) is 2.80. The zero-order chi connectivity index (χ0) is 18.1. The molecule has 0 radical (unpaired) electrons. The van der Waals surface area contributed by atoms with Crippen molar-refractivity contribution in [1.29, 1.82) is 0 Å². The maximum atomic E-state index is 11.1. The van der Waals surface area contributed by atoms with Crippen molar-refractivity contribution in [1.82, 2.24) is 18.9 Å². The number of benzene rings is 3. The Morgan fingerprint density at radius 3 is 1.92 bits per heavy atom. The number of nitrogens with zero attached hydrogens (tertiary/aromatic N) is 3. The summed E-state index contributed by atoms with van der Waals surface area (Å²) in [5, 5.41) is 5.25. The predicted molar refractivity (Wildman–Crippen MR) is 108 cm³/mol. The molecular formula is C19H15N5OS. The second kappa shape index (κ2) is 6.53. The van der Waals surface area contributed by atoms with Crippen molar-refractivity contribution in [2.75, 3.05) is 5.73 Å². The minimum absolute atomic E-state index is 0.0305. The van der Waals surface area contributed by atoms with E-state index >= 15 is 0 Å². The minimum Gasteiger partial charge on any atom is -0.368 e. The van der Waals surface area contributed by atoms with Crippen LogP contribution in [0.25, 0.3) is 32.7 Å². The number of H-pyrrole nitrogens is 1. The molecule has 3 aromatic carbocycles. The van der Waals surface area contributed by atoms with Crippen LogP contribution in [-0.4, -0.2) is 18.9 Å². The quantitative estimate of drug-likeness (QED) is 0.291. The number of hydrogen-bond donors (Lipinski definition) is 3. The molecule has 0 bridgehead atoms. The normalized spacial score (nSPS) is 10.8. The molecule has 3 N–H and O–H groups in total. The van der Waals surface area contributed by atoms with Crippen LogP contribution in [0.1, 0.15) is 0 Å². The van der Waals surface area contributed by atoms with E-state index in [1.165, 1.54) is 31.8 Å². The number of thiol groups is 1. The zero-order valence-electron chi connectivity index (χ0n) is 13.6. The Labute approximate surface area is 153 Å². The van der Waals surface area contributed by atoms with Gasteiger partial charge in [-0.15, -0.1) is 0 Å². The number of nitrogens with two attached hydrogens (primary N) is 1. The first-order valence-corrected chi connectivity index (χ1v) is 8.32. The van der Waals surface area contributed by atoms with E-state index in [-0.39, 0.29) is 5.95 Å². The molecule has 5 rings (SSSR count). The number of imidazole rings is 1. The molecule has 0 spiro atoms. The largest absolute Gasteiger partial charge is 0.368 e. The predicted octanol–water partition coefficient (Wildman–Crippen LogP) is 3.39. The Hall–Kier alpha value is -3.32. The maximum Gasteiger partial charge on any atom is 0.300 e. The van der Waals surface area contributed by atoms with E-state index in [4.69, 9.17) is 5.73 Å².